The minimum absolute atomic E-state index is 0.0774. The Balaban J connectivity index is 2.00. The maximum absolute atomic E-state index is 13.8. The summed E-state index contributed by atoms with van der Waals surface area (Å²) in [6.07, 6.45) is 0.758. The highest BCUT2D eigenvalue weighted by Crippen LogP contribution is 2.25. The molecule has 0 unspecified atom stereocenters. The monoisotopic (exact) mass is 697 g/mol. The summed E-state index contributed by atoms with van der Waals surface area (Å²) in [6, 6.07) is 21.6. The Kier molecular flexibility index (Phi) is 10.5. The van der Waals surface area contributed by atoms with Gasteiger partial charge in [-0.2, -0.15) is 0 Å². The Hall–Kier alpha value is -2.44. The average molecular weight is 698 g/mol. The van der Waals surface area contributed by atoms with Gasteiger partial charge in [0, 0.05) is 21.1 Å². The maximum atomic E-state index is 13.8. The molecule has 3 aromatic carbocycles. The fourth-order valence-corrected chi connectivity index (χ4v) is 5.91. The second-order valence-corrected chi connectivity index (χ2v) is 12.4. The molecule has 1 atom stereocenters. The minimum Gasteiger partial charge on any atom is -0.354 e. The normalized spacial score (nSPS) is 12.0. The fourth-order valence-electron chi connectivity index (χ4n) is 3.67. The van der Waals surface area contributed by atoms with Crippen LogP contribution in [0.1, 0.15) is 25.8 Å². The molecule has 0 heterocycles. The van der Waals surface area contributed by atoms with Crippen molar-refractivity contribution in [2.75, 3.05) is 17.4 Å². The molecule has 0 saturated heterocycles. The number of halogens is 2. The molecule has 196 valence electrons. The van der Waals surface area contributed by atoms with Crippen LogP contribution in [0.3, 0.4) is 0 Å². The van der Waals surface area contributed by atoms with Crippen LogP contribution in [0.5, 0.6) is 0 Å². The van der Waals surface area contributed by atoms with Gasteiger partial charge in [-0.25, -0.2) is 8.42 Å². The number of amides is 2. The van der Waals surface area contributed by atoms with Crippen LogP contribution in [0.2, 0.25) is 0 Å². The predicted octanol–water partition coefficient (Wildman–Crippen LogP) is 5.19. The number of hydrogen-bond acceptors (Lipinski definition) is 4. The maximum Gasteiger partial charge on any atom is 0.264 e. The molecule has 3 rings (SSSR count). The molecular formula is C27H29BrIN3O4S. The van der Waals surface area contributed by atoms with Crippen molar-refractivity contribution in [1.82, 2.24) is 10.2 Å². The molecule has 0 aromatic heterocycles. The van der Waals surface area contributed by atoms with Crippen LogP contribution < -0.4 is 9.62 Å². The number of anilines is 1. The second kappa shape index (κ2) is 13.4. The van der Waals surface area contributed by atoms with Gasteiger partial charge in [0.2, 0.25) is 11.8 Å². The lowest BCUT2D eigenvalue weighted by molar-refractivity contribution is -0.139. The largest absolute Gasteiger partial charge is 0.354 e. The van der Waals surface area contributed by atoms with E-state index in [4.69, 9.17) is 0 Å². The van der Waals surface area contributed by atoms with Crippen molar-refractivity contribution in [2.24, 2.45) is 0 Å². The number of carbonyl (C=O) groups excluding carboxylic acids is 2. The zero-order chi connectivity index (χ0) is 27.0. The highest BCUT2D eigenvalue weighted by atomic mass is 127. The summed E-state index contributed by atoms with van der Waals surface area (Å²) < 4.78 is 30.3. The van der Waals surface area contributed by atoms with E-state index in [1.54, 1.807) is 49.4 Å². The summed E-state index contributed by atoms with van der Waals surface area (Å²) in [5.74, 6) is -0.783. The Bertz CT molecular complexity index is 1320. The van der Waals surface area contributed by atoms with Gasteiger partial charge in [-0.15, -0.1) is 0 Å². The molecule has 0 aliphatic heterocycles. The van der Waals surface area contributed by atoms with Gasteiger partial charge in [0.1, 0.15) is 12.6 Å². The van der Waals surface area contributed by atoms with E-state index in [1.807, 2.05) is 31.2 Å². The first-order valence-corrected chi connectivity index (χ1v) is 15.1. The van der Waals surface area contributed by atoms with E-state index < -0.39 is 28.5 Å². The third-order valence-corrected chi connectivity index (χ3v) is 8.68. The van der Waals surface area contributed by atoms with Crippen LogP contribution in [-0.2, 0) is 26.2 Å². The number of benzene rings is 3. The van der Waals surface area contributed by atoms with Gasteiger partial charge in [-0.3, -0.25) is 13.9 Å². The predicted molar refractivity (Wildman–Crippen MR) is 158 cm³/mol. The lowest BCUT2D eigenvalue weighted by Crippen LogP contribution is -2.51. The van der Waals surface area contributed by atoms with E-state index in [2.05, 4.69) is 43.8 Å². The molecule has 7 nitrogen and oxygen atoms in total. The van der Waals surface area contributed by atoms with E-state index in [0.717, 1.165) is 24.3 Å². The smallest absolute Gasteiger partial charge is 0.264 e. The van der Waals surface area contributed by atoms with Crippen LogP contribution in [0.4, 0.5) is 5.69 Å². The van der Waals surface area contributed by atoms with E-state index in [-0.39, 0.29) is 17.3 Å². The highest BCUT2D eigenvalue weighted by Gasteiger charge is 2.32. The van der Waals surface area contributed by atoms with Crippen molar-refractivity contribution in [1.29, 1.82) is 0 Å². The van der Waals surface area contributed by atoms with Crippen LogP contribution in [0.15, 0.2) is 88.2 Å². The molecule has 0 aliphatic carbocycles. The number of hydrogen-bond donors (Lipinski definition) is 1. The molecule has 0 bridgehead atoms. The molecule has 0 aliphatic rings. The topological polar surface area (TPSA) is 86.8 Å². The van der Waals surface area contributed by atoms with E-state index in [1.165, 1.54) is 17.0 Å². The summed E-state index contributed by atoms with van der Waals surface area (Å²) in [6.45, 7) is 3.77. The van der Waals surface area contributed by atoms with Crippen molar-refractivity contribution >= 4 is 66.0 Å². The number of carbonyl (C=O) groups is 2. The Morgan fingerprint density at radius 3 is 2.30 bits per heavy atom. The van der Waals surface area contributed by atoms with Crippen molar-refractivity contribution in [3.8, 4) is 0 Å². The Labute approximate surface area is 240 Å². The molecule has 10 heteroatoms. The minimum atomic E-state index is -4.06. The van der Waals surface area contributed by atoms with Gasteiger partial charge in [0.05, 0.1) is 10.6 Å². The Morgan fingerprint density at radius 1 is 1.00 bits per heavy atom. The van der Waals surface area contributed by atoms with Crippen molar-refractivity contribution in [2.45, 2.75) is 37.8 Å². The number of sulfonamides is 1. The van der Waals surface area contributed by atoms with Gasteiger partial charge in [0.25, 0.3) is 10.0 Å². The van der Waals surface area contributed by atoms with Crippen molar-refractivity contribution < 1.29 is 18.0 Å². The summed E-state index contributed by atoms with van der Waals surface area (Å²) in [5.41, 5.74) is 1.17. The van der Waals surface area contributed by atoms with Gasteiger partial charge in [-0.1, -0.05) is 53.2 Å². The second-order valence-electron chi connectivity index (χ2n) is 8.42. The van der Waals surface area contributed by atoms with Gasteiger partial charge < -0.3 is 10.2 Å². The van der Waals surface area contributed by atoms with E-state index in [9.17, 15) is 18.0 Å². The first kappa shape index (κ1) is 29.1. The van der Waals surface area contributed by atoms with Gasteiger partial charge in [-0.05, 0) is 90.0 Å². The third-order valence-electron chi connectivity index (χ3n) is 5.68. The molecule has 37 heavy (non-hydrogen) atoms. The molecule has 1 N–H and O–H groups in total. The van der Waals surface area contributed by atoms with Crippen molar-refractivity contribution in [3.63, 3.8) is 0 Å². The lowest BCUT2D eigenvalue weighted by Gasteiger charge is -2.32. The first-order chi connectivity index (χ1) is 17.6. The summed E-state index contributed by atoms with van der Waals surface area (Å²) in [7, 11) is -4.06. The fraction of sp³-hybridized carbons (Fsp3) is 0.259. The molecule has 2 amide bonds. The number of rotatable bonds is 11. The van der Waals surface area contributed by atoms with Gasteiger partial charge in [0.15, 0.2) is 0 Å². The Morgan fingerprint density at radius 2 is 1.68 bits per heavy atom. The summed E-state index contributed by atoms with van der Waals surface area (Å²) in [5, 5.41) is 2.84. The van der Waals surface area contributed by atoms with Crippen LogP contribution in [0.25, 0.3) is 0 Å². The van der Waals surface area contributed by atoms with Crippen LogP contribution in [-0.4, -0.2) is 44.3 Å². The van der Waals surface area contributed by atoms with Crippen LogP contribution in [0, 0.1) is 3.57 Å². The quantitative estimate of drug-likeness (QED) is 0.280. The standard InChI is InChI=1S/C27H29BrIN3O4S/c1-3-16-30-27(34)20(2)31(18-21-8-7-9-22(28)17-21)26(33)19-32(24-14-12-23(29)13-15-24)37(35,36)25-10-5-4-6-11-25/h4-15,17,20H,3,16,18-19H2,1-2H3,(H,30,34)/t20-/m1/s1. The zero-order valence-corrected chi connectivity index (χ0v) is 25.2. The average Bonchev–Trinajstić information content (AvgIpc) is 2.89. The molecule has 0 fully saturated rings. The van der Waals surface area contributed by atoms with Crippen molar-refractivity contribution in [3.05, 3.63) is 92.5 Å². The first-order valence-electron chi connectivity index (χ1n) is 11.8. The summed E-state index contributed by atoms with van der Waals surface area (Å²) in [4.78, 5) is 28.2. The molecule has 3 aromatic rings. The SMILES string of the molecule is CCCNC(=O)[C@@H](C)N(Cc1cccc(Br)c1)C(=O)CN(c1ccc(I)cc1)S(=O)(=O)c1ccccc1. The van der Waals surface area contributed by atoms with E-state index >= 15 is 0 Å². The third kappa shape index (κ3) is 7.78. The number of nitrogens with zero attached hydrogens (tertiary/aromatic N) is 2. The molecule has 0 radical (unpaired) electrons. The lowest BCUT2D eigenvalue weighted by atomic mass is 10.1. The summed E-state index contributed by atoms with van der Waals surface area (Å²) >= 11 is 5.59. The number of nitrogens with one attached hydrogen (secondary N) is 1. The van der Waals surface area contributed by atoms with E-state index in [0.29, 0.717) is 12.2 Å². The van der Waals surface area contributed by atoms with Gasteiger partial charge >= 0.3 is 0 Å². The molecule has 0 saturated carbocycles. The zero-order valence-electron chi connectivity index (χ0n) is 20.6. The molecule has 0 spiro atoms. The highest BCUT2D eigenvalue weighted by molar-refractivity contribution is 14.1. The molecular weight excluding hydrogens is 669 g/mol. The van der Waals surface area contributed by atoms with Crippen LogP contribution >= 0.6 is 38.5 Å².